The zero-order chi connectivity index (χ0) is 28.6. The first kappa shape index (κ1) is 31.8. The Morgan fingerprint density at radius 2 is 1.54 bits per heavy atom. The Kier molecular flexibility index (Phi) is 14.1. The minimum Gasteiger partial charge on any atom is -0.463 e. The highest BCUT2D eigenvalue weighted by molar-refractivity contribution is 6.00. The maximum Gasteiger partial charge on any atom is 0.336 e. The average Bonchev–Trinajstić information content (AvgIpc) is 2.91. The van der Waals surface area contributed by atoms with Crippen molar-refractivity contribution in [3.63, 3.8) is 0 Å². The number of allylic oxidation sites excluding steroid dienone is 1. The van der Waals surface area contributed by atoms with Gasteiger partial charge in [0.05, 0.1) is 36.9 Å². The van der Waals surface area contributed by atoms with Crippen LogP contribution in [0.15, 0.2) is 52.9 Å². The van der Waals surface area contributed by atoms with Gasteiger partial charge in [0.2, 0.25) is 0 Å². The van der Waals surface area contributed by atoms with Gasteiger partial charge in [-0.25, -0.2) is 14.4 Å². The number of carbonyl (C=O) groups is 3. The normalized spacial score (nSPS) is 15.4. The third-order valence-electron chi connectivity index (χ3n) is 6.44. The Labute approximate surface area is 232 Å². The van der Waals surface area contributed by atoms with E-state index in [1.165, 1.54) is 25.3 Å². The third kappa shape index (κ3) is 9.39. The maximum atomic E-state index is 13.3. The lowest BCUT2D eigenvalue weighted by atomic mass is 9.78. The number of dihydropyridines is 1. The van der Waals surface area contributed by atoms with Gasteiger partial charge in [-0.2, -0.15) is 0 Å². The van der Waals surface area contributed by atoms with Gasteiger partial charge < -0.3 is 24.8 Å². The van der Waals surface area contributed by atoms with Gasteiger partial charge >= 0.3 is 17.9 Å². The Bertz CT molecular complexity index is 1070. The van der Waals surface area contributed by atoms with Crippen LogP contribution < -0.4 is 10.6 Å². The fourth-order valence-electron chi connectivity index (χ4n) is 4.64. The van der Waals surface area contributed by atoms with Gasteiger partial charge in [0.1, 0.15) is 0 Å². The molecule has 2 N–H and O–H groups in total. The zero-order valence-electron chi connectivity index (χ0n) is 24.1. The van der Waals surface area contributed by atoms with Crippen LogP contribution in [-0.4, -0.2) is 51.3 Å². The second-order valence-corrected chi connectivity index (χ2v) is 9.36. The average molecular weight is 541 g/mol. The molecule has 1 aliphatic rings. The molecule has 1 unspecified atom stereocenters. The summed E-state index contributed by atoms with van der Waals surface area (Å²) in [5.41, 5.74) is 3.22. The second kappa shape index (κ2) is 17.2. The monoisotopic (exact) mass is 540 g/mol. The van der Waals surface area contributed by atoms with Crippen LogP contribution in [0.5, 0.6) is 0 Å². The van der Waals surface area contributed by atoms with E-state index in [2.05, 4.69) is 17.6 Å². The number of carbonyl (C=O) groups excluding carboxylic acids is 3. The van der Waals surface area contributed by atoms with Crippen molar-refractivity contribution in [3.8, 4) is 0 Å². The summed E-state index contributed by atoms with van der Waals surface area (Å²) in [4.78, 5) is 38.9. The number of esters is 3. The highest BCUT2D eigenvalue weighted by atomic mass is 16.5. The Hall–Kier alpha value is -3.39. The largest absolute Gasteiger partial charge is 0.463 e. The third-order valence-corrected chi connectivity index (χ3v) is 6.44. The number of likely N-dealkylation sites (N-methyl/N-ethyl adjacent to an activating group) is 1. The molecule has 2 rings (SSSR count). The predicted molar refractivity (Wildman–Crippen MR) is 153 cm³/mol. The van der Waals surface area contributed by atoms with E-state index >= 15 is 0 Å². The maximum absolute atomic E-state index is 13.3. The van der Waals surface area contributed by atoms with Crippen molar-refractivity contribution in [2.24, 2.45) is 0 Å². The van der Waals surface area contributed by atoms with Crippen molar-refractivity contribution in [1.82, 2.24) is 10.6 Å². The van der Waals surface area contributed by atoms with Crippen molar-refractivity contribution in [2.75, 3.05) is 33.4 Å². The summed E-state index contributed by atoms with van der Waals surface area (Å²) in [6, 6.07) is 7.37. The molecule has 0 spiro atoms. The van der Waals surface area contributed by atoms with Crippen molar-refractivity contribution >= 4 is 24.0 Å². The molecular weight excluding hydrogens is 496 g/mol. The molecule has 0 aliphatic carbocycles. The van der Waals surface area contributed by atoms with E-state index in [-0.39, 0.29) is 13.2 Å². The number of hydrogen-bond donors (Lipinski definition) is 2. The molecule has 1 aromatic rings. The number of ether oxygens (including phenoxy) is 3. The minimum atomic E-state index is -0.757. The van der Waals surface area contributed by atoms with E-state index in [1.54, 1.807) is 33.9 Å². The number of benzene rings is 1. The summed E-state index contributed by atoms with van der Waals surface area (Å²) < 4.78 is 16.2. The number of nitrogens with one attached hydrogen (secondary N) is 2. The molecule has 8 nitrogen and oxygen atoms in total. The molecule has 1 heterocycles. The van der Waals surface area contributed by atoms with Crippen LogP contribution >= 0.6 is 0 Å². The molecule has 0 saturated heterocycles. The molecule has 1 atom stereocenters. The van der Waals surface area contributed by atoms with Crippen LogP contribution in [0, 0.1) is 0 Å². The van der Waals surface area contributed by atoms with Gasteiger partial charge in [0, 0.05) is 24.0 Å². The van der Waals surface area contributed by atoms with E-state index in [0.29, 0.717) is 46.8 Å². The second-order valence-electron chi connectivity index (χ2n) is 9.36. The van der Waals surface area contributed by atoms with E-state index in [1.807, 2.05) is 24.3 Å². The van der Waals surface area contributed by atoms with Crippen LogP contribution in [0.2, 0.25) is 0 Å². The molecular formula is C31H44N2O6. The van der Waals surface area contributed by atoms with E-state index in [4.69, 9.17) is 14.2 Å². The van der Waals surface area contributed by atoms with Crippen LogP contribution in [0.3, 0.4) is 0 Å². The molecule has 39 heavy (non-hydrogen) atoms. The smallest absolute Gasteiger partial charge is 0.336 e. The van der Waals surface area contributed by atoms with Crippen LogP contribution in [0.1, 0.15) is 83.3 Å². The fraction of sp³-hybridized carbons (Fsp3) is 0.516. The fourth-order valence-corrected chi connectivity index (χ4v) is 4.64. The Balaban J connectivity index is 2.41. The summed E-state index contributed by atoms with van der Waals surface area (Å²) in [5.74, 6) is -2.23. The molecule has 214 valence electrons. The topological polar surface area (TPSA) is 103 Å². The van der Waals surface area contributed by atoms with Crippen molar-refractivity contribution in [1.29, 1.82) is 0 Å². The van der Waals surface area contributed by atoms with Crippen LogP contribution in [0.4, 0.5) is 0 Å². The first-order valence-electron chi connectivity index (χ1n) is 14.0. The van der Waals surface area contributed by atoms with E-state index in [9.17, 15) is 14.4 Å². The lowest BCUT2D eigenvalue weighted by Gasteiger charge is -2.32. The number of hydrogen-bond acceptors (Lipinski definition) is 8. The molecule has 8 heteroatoms. The standard InChI is InChI=1S/C31H44N2O6/c1-6-9-10-11-12-15-20-39-26(34)19-18-23-16-13-14-17-24(23)28-27(30(35)37-7-2)22(4)33-25(21-32-5)29(28)31(36)38-8-3/h13-14,16-19,28,32-33H,6-12,15,20-21H2,1-5H3/b19-18+. The molecule has 0 amide bonds. The predicted octanol–water partition coefficient (Wildman–Crippen LogP) is 5.16. The molecule has 0 saturated carbocycles. The van der Waals surface area contributed by atoms with Crippen LogP contribution in [-0.2, 0) is 28.6 Å². The summed E-state index contributed by atoms with van der Waals surface area (Å²) in [7, 11) is 1.78. The van der Waals surface area contributed by atoms with E-state index in [0.717, 1.165) is 19.3 Å². The Morgan fingerprint density at radius 3 is 2.21 bits per heavy atom. The van der Waals surface area contributed by atoms with Gasteiger partial charge in [-0.3, -0.25) is 0 Å². The number of rotatable bonds is 16. The first-order chi connectivity index (χ1) is 18.9. The number of unbranched alkanes of at least 4 members (excludes halogenated alkanes) is 5. The Morgan fingerprint density at radius 1 is 0.897 bits per heavy atom. The summed E-state index contributed by atoms with van der Waals surface area (Å²) in [6.45, 7) is 8.56. The summed E-state index contributed by atoms with van der Waals surface area (Å²) in [6.07, 6.45) is 9.71. The zero-order valence-corrected chi connectivity index (χ0v) is 24.1. The van der Waals surface area contributed by atoms with Gasteiger partial charge in [-0.15, -0.1) is 0 Å². The van der Waals surface area contributed by atoms with Crippen LogP contribution in [0.25, 0.3) is 6.08 Å². The van der Waals surface area contributed by atoms with Gasteiger partial charge in [0.25, 0.3) is 0 Å². The lowest BCUT2D eigenvalue weighted by Crippen LogP contribution is -2.36. The summed E-state index contributed by atoms with van der Waals surface area (Å²) >= 11 is 0. The lowest BCUT2D eigenvalue weighted by molar-refractivity contribution is -0.140. The molecule has 0 fully saturated rings. The van der Waals surface area contributed by atoms with Crippen molar-refractivity contribution in [3.05, 3.63) is 64.0 Å². The van der Waals surface area contributed by atoms with Gasteiger partial charge in [0.15, 0.2) is 0 Å². The highest BCUT2D eigenvalue weighted by Crippen LogP contribution is 2.41. The quantitative estimate of drug-likeness (QED) is 0.128. The minimum absolute atomic E-state index is 0.186. The van der Waals surface area contributed by atoms with Crippen molar-refractivity contribution < 1.29 is 28.6 Å². The molecule has 1 aliphatic heterocycles. The highest BCUT2D eigenvalue weighted by Gasteiger charge is 2.39. The van der Waals surface area contributed by atoms with Gasteiger partial charge in [-0.05, 0) is 51.4 Å². The SMILES string of the molecule is CCCCCCCCOC(=O)/C=C/c1ccccc1C1C(C(=O)OCC)=C(C)NC(CNC)=C1C(=O)OCC. The molecule has 1 aromatic carbocycles. The van der Waals surface area contributed by atoms with Gasteiger partial charge in [-0.1, -0.05) is 63.3 Å². The first-order valence-corrected chi connectivity index (χ1v) is 14.0. The molecule has 0 aromatic heterocycles. The van der Waals surface area contributed by atoms with Crippen molar-refractivity contribution in [2.45, 2.75) is 72.1 Å². The molecule has 0 bridgehead atoms. The molecule has 0 radical (unpaired) electrons. The summed E-state index contributed by atoms with van der Waals surface area (Å²) in [5, 5.41) is 6.29. The van der Waals surface area contributed by atoms with E-state index < -0.39 is 23.8 Å².